The van der Waals surface area contributed by atoms with Crippen LogP contribution in [0.3, 0.4) is 0 Å². The first-order valence-electron chi connectivity index (χ1n) is 8.83. The van der Waals surface area contributed by atoms with Gasteiger partial charge < -0.3 is 21.3 Å². The Hall–Kier alpha value is -3.02. The van der Waals surface area contributed by atoms with Crippen molar-refractivity contribution in [1.29, 1.82) is 0 Å². The van der Waals surface area contributed by atoms with E-state index in [1.807, 2.05) is 42.2 Å². The number of urea groups is 1. The van der Waals surface area contributed by atoms with Gasteiger partial charge in [0.25, 0.3) is 0 Å². The number of carbonyl (C=O) groups excluding carboxylic acids is 2. The number of anilines is 3. The van der Waals surface area contributed by atoms with Crippen LogP contribution >= 0.6 is 0 Å². The predicted octanol–water partition coefficient (Wildman–Crippen LogP) is 3.87. The number of nitrogens with two attached hydrogens (primary N) is 1. The van der Waals surface area contributed by atoms with Crippen LogP contribution in [0.15, 0.2) is 48.5 Å². The summed E-state index contributed by atoms with van der Waals surface area (Å²) in [5, 5.41) is 6.09. The van der Waals surface area contributed by atoms with Crippen LogP contribution in [0.5, 0.6) is 0 Å². The van der Waals surface area contributed by atoms with E-state index in [1.165, 1.54) is 0 Å². The van der Waals surface area contributed by atoms with Crippen LogP contribution in [0.1, 0.15) is 38.3 Å². The molecule has 0 saturated carbocycles. The summed E-state index contributed by atoms with van der Waals surface area (Å²) in [5.74, 6) is 0.144. The van der Waals surface area contributed by atoms with Gasteiger partial charge in [-0.3, -0.25) is 4.79 Å². The van der Waals surface area contributed by atoms with E-state index >= 15 is 0 Å². The molecule has 1 heterocycles. The van der Waals surface area contributed by atoms with E-state index in [4.69, 9.17) is 5.73 Å². The number of nitrogens with zero attached hydrogens (tertiary/aromatic N) is 1. The zero-order valence-electron chi connectivity index (χ0n) is 15.0. The number of fused-ring (bicyclic) bond motifs is 1. The highest BCUT2D eigenvalue weighted by molar-refractivity contribution is 5.95. The maximum Gasteiger partial charge on any atom is 0.316 e. The number of nitrogens with one attached hydrogen (secondary N) is 2. The Morgan fingerprint density at radius 1 is 1.12 bits per heavy atom. The first-order valence-corrected chi connectivity index (χ1v) is 8.83. The average molecular weight is 352 g/mol. The minimum atomic E-state index is -0.582. The van der Waals surface area contributed by atoms with Gasteiger partial charge in [0.05, 0.1) is 6.04 Å². The molecule has 0 aromatic heterocycles. The number of hydrogen-bond donors (Lipinski definition) is 3. The second-order valence-electron chi connectivity index (χ2n) is 6.52. The molecule has 3 rings (SSSR count). The Kier molecular flexibility index (Phi) is 5.11. The van der Waals surface area contributed by atoms with E-state index in [9.17, 15) is 9.59 Å². The van der Waals surface area contributed by atoms with Crippen LogP contribution in [0.2, 0.25) is 0 Å². The topological polar surface area (TPSA) is 87.5 Å². The maximum atomic E-state index is 12.4. The number of benzene rings is 2. The number of amides is 3. The molecule has 0 spiro atoms. The highest BCUT2D eigenvalue weighted by Crippen LogP contribution is 2.39. The fourth-order valence-electron chi connectivity index (χ4n) is 3.49. The molecular formula is C20H24N4O2. The van der Waals surface area contributed by atoms with Crippen molar-refractivity contribution in [3.63, 3.8) is 0 Å². The lowest BCUT2D eigenvalue weighted by Crippen LogP contribution is -2.44. The fraction of sp³-hybridized carbons (Fsp3) is 0.300. The third-order valence-corrected chi connectivity index (χ3v) is 4.65. The van der Waals surface area contributed by atoms with Crippen molar-refractivity contribution in [1.82, 2.24) is 0 Å². The molecule has 1 aliphatic rings. The summed E-state index contributed by atoms with van der Waals surface area (Å²) in [4.78, 5) is 25.2. The summed E-state index contributed by atoms with van der Waals surface area (Å²) in [6.45, 7) is 3.97. The second-order valence-corrected chi connectivity index (χ2v) is 6.52. The molecule has 4 N–H and O–H groups in total. The Bertz CT molecular complexity index is 804. The van der Waals surface area contributed by atoms with Crippen LogP contribution in [0.25, 0.3) is 0 Å². The smallest absolute Gasteiger partial charge is 0.316 e. The number of primary amides is 1. The Balaban J connectivity index is 1.84. The van der Waals surface area contributed by atoms with Crippen LogP contribution in [0, 0.1) is 0 Å². The highest BCUT2D eigenvalue weighted by Gasteiger charge is 2.32. The monoisotopic (exact) mass is 352 g/mol. The van der Waals surface area contributed by atoms with Crippen molar-refractivity contribution < 1.29 is 9.59 Å². The van der Waals surface area contributed by atoms with Gasteiger partial charge in [-0.1, -0.05) is 25.1 Å². The summed E-state index contributed by atoms with van der Waals surface area (Å²) in [5.41, 5.74) is 8.82. The average Bonchev–Trinajstić information content (AvgIpc) is 2.62. The molecule has 0 fully saturated rings. The van der Waals surface area contributed by atoms with Gasteiger partial charge in [-0.25, -0.2) is 4.79 Å². The molecule has 136 valence electrons. The van der Waals surface area contributed by atoms with Crippen molar-refractivity contribution in [2.24, 2.45) is 5.73 Å². The molecular weight excluding hydrogens is 328 g/mol. The molecule has 0 aliphatic carbocycles. The first kappa shape index (κ1) is 17.8. The Morgan fingerprint density at radius 2 is 1.77 bits per heavy atom. The van der Waals surface area contributed by atoms with Crippen molar-refractivity contribution in [2.75, 3.05) is 15.5 Å². The van der Waals surface area contributed by atoms with Crippen LogP contribution < -0.4 is 21.3 Å². The number of rotatable bonds is 4. The minimum absolute atomic E-state index is 0.108. The van der Waals surface area contributed by atoms with E-state index in [2.05, 4.69) is 23.6 Å². The van der Waals surface area contributed by atoms with Gasteiger partial charge in [0, 0.05) is 29.5 Å². The standard InChI is InChI=1S/C20H24N4O2/c1-3-19(25)24-13(2)12-17(16-6-4-5-7-18(16)24)22-14-8-10-15(11-9-14)23-20(21)26/h4-11,13,17,22H,3,12H2,1-2H3,(H3,21,23,26)/t13-,17+/m0/s1. The Morgan fingerprint density at radius 3 is 2.42 bits per heavy atom. The van der Waals surface area contributed by atoms with E-state index < -0.39 is 6.03 Å². The summed E-state index contributed by atoms with van der Waals surface area (Å²) in [6, 6.07) is 15.1. The summed E-state index contributed by atoms with van der Waals surface area (Å²) in [7, 11) is 0. The molecule has 26 heavy (non-hydrogen) atoms. The minimum Gasteiger partial charge on any atom is -0.378 e. The molecule has 3 amide bonds. The van der Waals surface area contributed by atoms with Gasteiger partial charge >= 0.3 is 6.03 Å². The van der Waals surface area contributed by atoms with Crippen molar-refractivity contribution in [3.8, 4) is 0 Å². The molecule has 0 radical (unpaired) electrons. The third kappa shape index (κ3) is 3.64. The van der Waals surface area contributed by atoms with Crippen LogP contribution in [-0.2, 0) is 4.79 Å². The molecule has 2 atom stereocenters. The lowest BCUT2D eigenvalue weighted by molar-refractivity contribution is -0.118. The zero-order valence-corrected chi connectivity index (χ0v) is 15.0. The van der Waals surface area contributed by atoms with E-state index in [0.29, 0.717) is 12.1 Å². The van der Waals surface area contributed by atoms with Crippen molar-refractivity contribution in [3.05, 3.63) is 54.1 Å². The number of para-hydroxylation sites is 1. The normalized spacial score (nSPS) is 18.8. The van der Waals surface area contributed by atoms with Gasteiger partial charge in [0.2, 0.25) is 5.91 Å². The molecule has 6 heteroatoms. The van der Waals surface area contributed by atoms with Gasteiger partial charge in [0.1, 0.15) is 0 Å². The van der Waals surface area contributed by atoms with Crippen LogP contribution in [0.4, 0.5) is 21.9 Å². The molecule has 1 aliphatic heterocycles. The lowest BCUT2D eigenvalue weighted by Gasteiger charge is -2.40. The number of carbonyl (C=O) groups is 2. The lowest BCUT2D eigenvalue weighted by atomic mass is 9.91. The zero-order chi connectivity index (χ0) is 18.7. The van der Waals surface area contributed by atoms with E-state index in [-0.39, 0.29) is 18.0 Å². The van der Waals surface area contributed by atoms with Gasteiger partial charge in [0.15, 0.2) is 0 Å². The largest absolute Gasteiger partial charge is 0.378 e. The maximum absolute atomic E-state index is 12.4. The van der Waals surface area contributed by atoms with E-state index in [1.54, 1.807) is 12.1 Å². The first-order chi connectivity index (χ1) is 12.5. The molecule has 0 saturated heterocycles. The molecule has 0 bridgehead atoms. The Labute approximate surface area is 153 Å². The summed E-state index contributed by atoms with van der Waals surface area (Å²) in [6.07, 6.45) is 1.31. The fourth-order valence-corrected chi connectivity index (χ4v) is 3.49. The van der Waals surface area contributed by atoms with Crippen molar-refractivity contribution >= 4 is 29.0 Å². The second kappa shape index (κ2) is 7.47. The van der Waals surface area contributed by atoms with Gasteiger partial charge in [-0.15, -0.1) is 0 Å². The van der Waals surface area contributed by atoms with Crippen LogP contribution in [-0.4, -0.2) is 18.0 Å². The predicted molar refractivity (Wildman–Crippen MR) is 104 cm³/mol. The SMILES string of the molecule is CCC(=O)N1c2ccccc2[C@H](Nc2ccc(NC(N)=O)cc2)C[C@@H]1C. The van der Waals surface area contributed by atoms with Gasteiger partial charge in [-0.2, -0.15) is 0 Å². The quantitative estimate of drug-likeness (QED) is 0.780. The van der Waals surface area contributed by atoms with Gasteiger partial charge in [-0.05, 0) is 49.2 Å². The molecule has 0 unspecified atom stereocenters. The molecule has 2 aromatic carbocycles. The molecule has 6 nitrogen and oxygen atoms in total. The summed E-state index contributed by atoms with van der Waals surface area (Å²) >= 11 is 0. The highest BCUT2D eigenvalue weighted by atomic mass is 16.2. The van der Waals surface area contributed by atoms with E-state index in [0.717, 1.165) is 23.4 Å². The third-order valence-electron chi connectivity index (χ3n) is 4.65. The molecule has 2 aromatic rings. The number of hydrogen-bond acceptors (Lipinski definition) is 3. The summed E-state index contributed by atoms with van der Waals surface area (Å²) < 4.78 is 0. The van der Waals surface area contributed by atoms with Crippen molar-refractivity contribution in [2.45, 2.75) is 38.8 Å².